The van der Waals surface area contributed by atoms with E-state index < -0.39 is 0 Å². The predicted molar refractivity (Wildman–Crippen MR) is 133 cm³/mol. The van der Waals surface area contributed by atoms with Gasteiger partial charge < -0.3 is 19.7 Å². The van der Waals surface area contributed by atoms with Crippen molar-refractivity contribution in [2.24, 2.45) is 11.3 Å². The number of aromatic nitrogens is 5. The molecule has 9 heteroatoms. The topological polar surface area (TPSA) is 100 Å². The van der Waals surface area contributed by atoms with E-state index in [-0.39, 0.29) is 23.1 Å². The van der Waals surface area contributed by atoms with Crippen LogP contribution in [-0.2, 0) is 4.79 Å². The van der Waals surface area contributed by atoms with Crippen LogP contribution in [0.25, 0.3) is 22.2 Å². The molecule has 178 valence electrons. The number of carbonyl (C=O) groups is 1. The lowest BCUT2D eigenvalue weighted by Crippen LogP contribution is -2.72. The second-order valence-corrected chi connectivity index (χ2v) is 10.1. The van der Waals surface area contributed by atoms with E-state index in [0.717, 1.165) is 49.1 Å². The van der Waals surface area contributed by atoms with Gasteiger partial charge in [-0.15, -0.1) is 15.3 Å². The minimum absolute atomic E-state index is 0.175. The maximum Gasteiger partial charge on any atom is 0.244 e. The Kier molecular flexibility index (Phi) is 4.94. The first-order valence-corrected chi connectivity index (χ1v) is 11.9. The first-order chi connectivity index (χ1) is 16.9. The third kappa shape index (κ3) is 3.67. The molecule has 35 heavy (non-hydrogen) atoms. The molecule has 1 unspecified atom stereocenters. The van der Waals surface area contributed by atoms with Crippen LogP contribution >= 0.6 is 0 Å². The van der Waals surface area contributed by atoms with Gasteiger partial charge in [-0.2, -0.15) is 0 Å². The SMILES string of the molecule is CC(C)C(C=O)n1cnc(N2CC3(CN(c4ccc5cc(-c6ccccc6O)nnc5c4)C3)C2)n1. The minimum Gasteiger partial charge on any atom is -0.507 e. The standard InChI is InChI=1S/C26H27N7O2/c1-17(2)23(11-34)33-16-27-25(30-33)32-14-26(15-32)12-31(13-26)19-8-7-18-9-22(29-28-21(18)10-19)20-5-3-4-6-24(20)35/h3-11,16-17,23,35H,12-15H2,1-2H3. The molecule has 9 nitrogen and oxygen atoms in total. The number of rotatable bonds is 6. The molecule has 0 bridgehead atoms. The number of fused-ring (bicyclic) bond motifs is 1. The van der Waals surface area contributed by atoms with Gasteiger partial charge in [-0.25, -0.2) is 9.67 Å². The summed E-state index contributed by atoms with van der Waals surface area (Å²) in [4.78, 5) is 20.4. The molecule has 2 aliphatic heterocycles. The molecular weight excluding hydrogens is 442 g/mol. The van der Waals surface area contributed by atoms with E-state index >= 15 is 0 Å². The van der Waals surface area contributed by atoms with E-state index in [0.29, 0.717) is 17.2 Å². The molecule has 1 spiro atoms. The molecule has 2 fully saturated rings. The van der Waals surface area contributed by atoms with E-state index in [2.05, 4.69) is 48.3 Å². The van der Waals surface area contributed by atoms with Gasteiger partial charge in [0, 0.05) is 48.2 Å². The number of anilines is 2. The third-order valence-corrected chi connectivity index (χ3v) is 7.13. The maximum absolute atomic E-state index is 11.4. The summed E-state index contributed by atoms with van der Waals surface area (Å²) in [5.41, 5.74) is 3.56. The summed E-state index contributed by atoms with van der Waals surface area (Å²) in [7, 11) is 0. The first kappa shape index (κ1) is 21.5. The average Bonchev–Trinajstić information content (AvgIpc) is 3.26. The predicted octanol–water partition coefficient (Wildman–Crippen LogP) is 3.32. The van der Waals surface area contributed by atoms with Crippen LogP contribution in [0.5, 0.6) is 5.75 Å². The van der Waals surface area contributed by atoms with Crippen molar-refractivity contribution >= 4 is 28.8 Å². The number of carbonyl (C=O) groups excluding carboxylic acids is 1. The average molecular weight is 470 g/mol. The maximum atomic E-state index is 11.4. The Morgan fingerprint density at radius 3 is 2.51 bits per heavy atom. The largest absolute Gasteiger partial charge is 0.507 e. The highest BCUT2D eigenvalue weighted by atomic mass is 16.3. The number of phenolic OH excluding ortho intramolecular Hbond substituents is 1. The van der Waals surface area contributed by atoms with Crippen molar-refractivity contribution < 1.29 is 9.90 Å². The number of aromatic hydroxyl groups is 1. The Hall–Kier alpha value is -4.01. The second-order valence-electron chi connectivity index (χ2n) is 10.1. The zero-order valence-corrected chi connectivity index (χ0v) is 19.7. The third-order valence-electron chi connectivity index (χ3n) is 7.13. The smallest absolute Gasteiger partial charge is 0.244 e. The number of nitrogens with zero attached hydrogens (tertiary/aromatic N) is 7. The number of phenols is 1. The van der Waals surface area contributed by atoms with Crippen LogP contribution in [0.1, 0.15) is 19.9 Å². The highest BCUT2D eigenvalue weighted by Crippen LogP contribution is 2.43. The summed E-state index contributed by atoms with van der Waals surface area (Å²) < 4.78 is 1.67. The number of aldehydes is 1. The van der Waals surface area contributed by atoms with E-state index in [1.807, 2.05) is 32.0 Å². The Labute approximate surface area is 203 Å². The lowest BCUT2D eigenvalue weighted by Gasteiger charge is -2.60. The number of hydrogen-bond donors (Lipinski definition) is 1. The summed E-state index contributed by atoms with van der Waals surface area (Å²) in [6.07, 6.45) is 2.60. The van der Waals surface area contributed by atoms with Gasteiger partial charge in [-0.3, -0.25) is 0 Å². The highest BCUT2D eigenvalue weighted by Gasteiger charge is 2.52. The van der Waals surface area contributed by atoms with Crippen LogP contribution in [0.15, 0.2) is 54.9 Å². The quantitative estimate of drug-likeness (QED) is 0.429. The van der Waals surface area contributed by atoms with E-state index in [9.17, 15) is 9.90 Å². The first-order valence-electron chi connectivity index (χ1n) is 11.9. The van der Waals surface area contributed by atoms with Gasteiger partial charge >= 0.3 is 0 Å². The number of benzene rings is 2. The molecule has 0 aliphatic carbocycles. The fourth-order valence-electron chi connectivity index (χ4n) is 5.17. The van der Waals surface area contributed by atoms with Crippen molar-refractivity contribution in [2.45, 2.75) is 19.9 Å². The van der Waals surface area contributed by atoms with E-state index in [1.54, 1.807) is 23.1 Å². The lowest BCUT2D eigenvalue weighted by molar-refractivity contribution is -0.111. The van der Waals surface area contributed by atoms with Gasteiger partial charge in [0.2, 0.25) is 5.95 Å². The summed E-state index contributed by atoms with van der Waals surface area (Å²) in [6, 6.07) is 15.1. The van der Waals surface area contributed by atoms with Crippen LogP contribution in [0.3, 0.4) is 0 Å². The summed E-state index contributed by atoms with van der Waals surface area (Å²) in [5.74, 6) is 1.07. The van der Waals surface area contributed by atoms with Crippen LogP contribution in [-0.4, -0.2) is 62.5 Å². The molecule has 1 N–H and O–H groups in total. The monoisotopic (exact) mass is 469 g/mol. The Bertz CT molecular complexity index is 1400. The van der Waals surface area contributed by atoms with Crippen molar-refractivity contribution in [3.63, 3.8) is 0 Å². The molecule has 0 radical (unpaired) electrons. The lowest BCUT2D eigenvalue weighted by atomic mass is 9.72. The molecular formula is C26H27N7O2. The molecule has 2 saturated heterocycles. The molecule has 2 aromatic heterocycles. The molecule has 6 rings (SSSR count). The van der Waals surface area contributed by atoms with Gasteiger partial charge in [0.15, 0.2) is 0 Å². The summed E-state index contributed by atoms with van der Waals surface area (Å²) in [6.45, 7) is 7.79. The van der Waals surface area contributed by atoms with Crippen LogP contribution < -0.4 is 9.80 Å². The Balaban J connectivity index is 1.11. The van der Waals surface area contributed by atoms with Crippen LogP contribution in [0, 0.1) is 11.3 Å². The Morgan fingerprint density at radius 2 is 1.77 bits per heavy atom. The molecule has 4 aromatic rings. The fraction of sp³-hybridized carbons (Fsp3) is 0.346. The van der Waals surface area contributed by atoms with E-state index in [1.165, 1.54) is 0 Å². The van der Waals surface area contributed by atoms with Gasteiger partial charge in [0.05, 0.1) is 11.2 Å². The van der Waals surface area contributed by atoms with Crippen molar-refractivity contribution in [3.8, 4) is 17.0 Å². The normalized spacial score (nSPS) is 17.5. The zero-order chi connectivity index (χ0) is 24.2. The summed E-state index contributed by atoms with van der Waals surface area (Å²) >= 11 is 0. The van der Waals surface area contributed by atoms with Gasteiger partial charge in [0.25, 0.3) is 0 Å². The molecule has 0 saturated carbocycles. The van der Waals surface area contributed by atoms with Crippen molar-refractivity contribution in [2.75, 3.05) is 36.0 Å². The molecule has 2 aromatic carbocycles. The molecule has 4 heterocycles. The van der Waals surface area contributed by atoms with Crippen molar-refractivity contribution in [1.29, 1.82) is 0 Å². The van der Waals surface area contributed by atoms with E-state index in [4.69, 9.17) is 0 Å². The minimum atomic E-state index is -0.281. The Morgan fingerprint density at radius 1 is 1.00 bits per heavy atom. The number of hydrogen-bond acceptors (Lipinski definition) is 8. The molecule has 2 aliphatic rings. The van der Waals surface area contributed by atoms with Gasteiger partial charge in [0.1, 0.15) is 24.4 Å². The highest BCUT2D eigenvalue weighted by molar-refractivity contribution is 5.85. The van der Waals surface area contributed by atoms with Gasteiger partial charge in [-0.05, 0) is 36.2 Å². The molecule has 1 atom stereocenters. The van der Waals surface area contributed by atoms with Gasteiger partial charge in [-0.1, -0.05) is 32.0 Å². The second kappa shape index (κ2) is 8.04. The van der Waals surface area contributed by atoms with Crippen molar-refractivity contribution in [1.82, 2.24) is 25.0 Å². The fourth-order valence-corrected chi connectivity index (χ4v) is 5.17. The van der Waals surface area contributed by atoms with Crippen LogP contribution in [0.2, 0.25) is 0 Å². The summed E-state index contributed by atoms with van der Waals surface area (Å²) in [5, 5.41) is 24.4. The van der Waals surface area contributed by atoms with Crippen molar-refractivity contribution in [3.05, 3.63) is 54.9 Å². The van der Waals surface area contributed by atoms with Crippen LogP contribution in [0.4, 0.5) is 11.6 Å². The molecule has 0 amide bonds. The zero-order valence-electron chi connectivity index (χ0n) is 19.7. The number of para-hydroxylation sites is 1.